The number of halogens is 1. The number of ether oxygens (including phenoxy) is 1. The molecule has 2 nitrogen and oxygen atoms in total. The number of aliphatic hydroxyl groups excluding tert-OH is 1. The van der Waals surface area contributed by atoms with Crippen LogP contribution in [0.3, 0.4) is 0 Å². The maximum absolute atomic E-state index is 13.1. The van der Waals surface area contributed by atoms with Crippen LogP contribution in [0.2, 0.25) is 0 Å². The number of hydrogen-bond acceptors (Lipinski definition) is 2. The van der Waals surface area contributed by atoms with Crippen molar-refractivity contribution < 1.29 is 14.2 Å². The third-order valence-corrected chi connectivity index (χ3v) is 2.31. The van der Waals surface area contributed by atoms with Crippen LogP contribution in [0.5, 0.6) is 5.75 Å². The second-order valence-corrected chi connectivity index (χ2v) is 3.75. The zero-order chi connectivity index (χ0) is 12.7. The van der Waals surface area contributed by atoms with Gasteiger partial charge in [-0.2, -0.15) is 0 Å². The van der Waals surface area contributed by atoms with Crippen molar-refractivity contribution in [3.8, 4) is 17.6 Å². The van der Waals surface area contributed by atoms with E-state index in [2.05, 4.69) is 11.8 Å². The van der Waals surface area contributed by atoms with Crippen LogP contribution in [-0.4, -0.2) is 17.8 Å². The molecule has 0 amide bonds. The van der Waals surface area contributed by atoms with Gasteiger partial charge < -0.3 is 9.84 Å². The third-order valence-electron chi connectivity index (χ3n) is 2.31. The van der Waals surface area contributed by atoms with E-state index >= 15 is 0 Å². The summed E-state index contributed by atoms with van der Waals surface area (Å²) < 4.78 is 18.7. The molecule has 1 unspecified atom stereocenters. The second-order valence-electron chi connectivity index (χ2n) is 3.75. The predicted molar refractivity (Wildman–Crippen MR) is 65.4 cm³/mol. The lowest BCUT2D eigenvalue weighted by molar-refractivity contribution is 0.216. The van der Waals surface area contributed by atoms with Crippen molar-refractivity contribution in [2.75, 3.05) is 6.61 Å². The quantitative estimate of drug-likeness (QED) is 0.814. The lowest BCUT2D eigenvalue weighted by Gasteiger charge is -2.14. The first-order valence-electron chi connectivity index (χ1n) is 5.73. The molecule has 1 aromatic carbocycles. The van der Waals surface area contributed by atoms with Gasteiger partial charge >= 0.3 is 0 Å². The van der Waals surface area contributed by atoms with Gasteiger partial charge in [-0.3, -0.25) is 0 Å². The normalized spacial score (nSPS) is 11.5. The fourth-order valence-electron chi connectivity index (χ4n) is 1.21. The monoisotopic (exact) mass is 236 g/mol. The van der Waals surface area contributed by atoms with Gasteiger partial charge in [0.1, 0.15) is 11.6 Å². The molecule has 3 heteroatoms. The van der Waals surface area contributed by atoms with Gasteiger partial charge in [0, 0.05) is 12.5 Å². The van der Waals surface area contributed by atoms with Gasteiger partial charge in [-0.1, -0.05) is 18.8 Å². The standard InChI is InChI=1S/C14H17FO2/c1-3-11(2)17-14-10-13(15)8-7-12(14)6-4-5-9-16/h7-8,10-11,16H,3,5,9H2,1-2H3. The lowest BCUT2D eigenvalue weighted by Crippen LogP contribution is -2.10. The number of hydrogen-bond donors (Lipinski definition) is 1. The summed E-state index contributed by atoms with van der Waals surface area (Å²) in [6.45, 7) is 3.95. The van der Waals surface area contributed by atoms with E-state index in [1.54, 1.807) is 6.07 Å². The molecule has 0 aliphatic carbocycles. The molecule has 0 bridgehead atoms. The molecular weight excluding hydrogens is 219 g/mol. The van der Waals surface area contributed by atoms with Gasteiger partial charge in [-0.05, 0) is 25.5 Å². The van der Waals surface area contributed by atoms with Crippen molar-refractivity contribution in [1.29, 1.82) is 0 Å². The van der Waals surface area contributed by atoms with E-state index in [4.69, 9.17) is 9.84 Å². The Morgan fingerprint density at radius 2 is 2.24 bits per heavy atom. The van der Waals surface area contributed by atoms with E-state index in [0.29, 0.717) is 17.7 Å². The van der Waals surface area contributed by atoms with Crippen LogP contribution in [0.25, 0.3) is 0 Å². The smallest absolute Gasteiger partial charge is 0.138 e. The van der Waals surface area contributed by atoms with Crippen LogP contribution in [0, 0.1) is 17.7 Å². The Hall–Kier alpha value is -1.53. The Morgan fingerprint density at radius 3 is 2.88 bits per heavy atom. The molecule has 0 fully saturated rings. The minimum atomic E-state index is -0.337. The Labute approximate surface area is 101 Å². The van der Waals surface area contributed by atoms with E-state index in [-0.39, 0.29) is 18.5 Å². The molecule has 0 radical (unpaired) electrons. The first-order chi connectivity index (χ1) is 8.17. The summed E-state index contributed by atoms with van der Waals surface area (Å²) in [5.41, 5.74) is 0.653. The summed E-state index contributed by atoms with van der Waals surface area (Å²) in [4.78, 5) is 0. The van der Waals surface area contributed by atoms with Crippen molar-refractivity contribution in [2.45, 2.75) is 32.8 Å². The van der Waals surface area contributed by atoms with Crippen molar-refractivity contribution >= 4 is 0 Å². The first-order valence-corrected chi connectivity index (χ1v) is 5.73. The molecule has 1 N–H and O–H groups in total. The highest BCUT2D eigenvalue weighted by Crippen LogP contribution is 2.21. The summed E-state index contributed by atoms with van der Waals surface area (Å²) in [5, 5.41) is 8.65. The molecular formula is C14H17FO2. The molecule has 0 aliphatic rings. The van der Waals surface area contributed by atoms with E-state index in [1.807, 2.05) is 13.8 Å². The van der Waals surface area contributed by atoms with Crippen LogP contribution in [0.4, 0.5) is 4.39 Å². The maximum atomic E-state index is 13.1. The highest BCUT2D eigenvalue weighted by atomic mass is 19.1. The Balaban J connectivity index is 2.92. The van der Waals surface area contributed by atoms with Crippen LogP contribution >= 0.6 is 0 Å². The molecule has 0 saturated heterocycles. The summed E-state index contributed by atoms with van der Waals surface area (Å²) >= 11 is 0. The van der Waals surface area contributed by atoms with Crippen LogP contribution in [0.1, 0.15) is 32.3 Å². The van der Waals surface area contributed by atoms with Gasteiger partial charge in [0.25, 0.3) is 0 Å². The molecule has 17 heavy (non-hydrogen) atoms. The molecule has 0 heterocycles. The number of rotatable bonds is 4. The number of aliphatic hydroxyl groups is 1. The molecule has 92 valence electrons. The van der Waals surface area contributed by atoms with Gasteiger partial charge in [0.2, 0.25) is 0 Å². The Bertz CT molecular complexity index is 418. The third kappa shape index (κ3) is 4.46. The average molecular weight is 236 g/mol. The van der Waals surface area contributed by atoms with Crippen LogP contribution in [0.15, 0.2) is 18.2 Å². The molecule has 0 spiro atoms. The van der Waals surface area contributed by atoms with Crippen molar-refractivity contribution in [2.24, 2.45) is 0 Å². The van der Waals surface area contributed by atoms with Crippen LogP contribution < -0.4 is 4.74 Å². The number of benzene rings is 1. The zero-order valence-electron chi connectivity index (χ0n) is 10.2. The Kier molecular flexibility index (Phi) is 5.51. The van der Waals surface area contributed by atoms with Gasteiger partial charge in [-0.15, -0.1) is 0 Å². The molecule has 0 aromatic heterocycles. The SMILES string of the molecule is CCC(C)Oc1cc(F)ccc1C#CCCO. The van der Waals surface area contributed by atoms with Crippen molar-refractivity contribution in [3.63, 3.8) is 0 Å². The zero-order valence-corrected chi connectivity index (χ0v) is 10.2. The molecule has 0 aliphatic heterocycles. The topological polar surface area (TPSA) is 29.5 Å². The lowest BCUT2D eigenvalue weighted by atomic mass is 10.2. The minimum Gasteiger partial charge on any atom is -0.489 e. The van der Waals surface area contributed by atoms with Crippen LogP contribution in [-0.2, 0) is 0 Å². The minimum absolute atomic E-state index is 0.0233. The fourth-order valence-corrected chi connectivity index (χ4v) is 1.21. The molecule has 1 aromatic rings. The van der Waals surface area contributed by atoms with E-state index in [9.17, 15) is 4.39 Å². The summed E-state index contributed by atoms with van der Waals surface area (Å²) in [7, 11) is 0. The summed E-state index contributed by atoms with van der Waals surface area (Å²) in [5.74, 6) is 5.79. The first kappa shape index (κ1) is 13.5. The molecule has 1 rings (SSSR count). The molecule has 0 saturated carbocycles. The largest absolute Gasteiger partial charge is 0.489 e. The Morgan fingerprint density at radius 1 is 1.47 bits per heavy atom. The summed E-state index contributed by atoms with van der Waals surface area (Å²) in [6.07, 6.45) is 1.27. The van der Waals surface area contributed by atoms with Crippen molar-refractivity contribution in [1.82, 2.24) is 0 Å². The van der Waals surface area contributed by atoms with Gasteiger partial charge in [-0.25, -0.2) is 4.39 Å². The second kappa shape index (κ2) is 6.93. The average Bonchev–Trinajstić information content (AvgIpc) is 2.32. The maximum Gasteiger partial charge on any atom is 0.138 e. The summed E-state index contributed by atoms with van der Waals surface area (Å²) in [6, 6.07) is 4.29. The van der Waals surface area contributed by atoms with E-state index in [1.165, 1.54) is 12.1 Å². The van der Waals surface area contributed by atoms with E-state index < -0.39 is 0 Å². The predicted octanol–water partition coefficient (Wildman–Crippen LogP) is 2.74. The highest BCUT2D eigenvalue weighted by molar-refractivity contribution is 5.46. The van der Waals surface area contributed by atoms with E-state index in [0.717, 1.165) is 6.42 Å². The van der Waals surface area contributed by atoms with Gasteiger partial charge in [0.05, 0.1) is 18.3 Å². The van der Waals surface area contributed by atoms with Gasteiger partial charge in [0.15, 0.2) is 0 Å². The fraction of sp³-hybridized carbons (Fsp3) is 0.429. The van der Waals surface area contributed by atoms with Crippen molar-refractivity contribution in [3.05, 3.63) is 29.6 Å². The highest BCUT2D eigenvalue weighted by Gasteiger charge is 2.07. The molecule has 1 atom stereocenters.